The van der Waals surface area contributed by atoms with Crippen molar-refractivity contribution in [3.63, 3.8) is 0 Å². The number of ether oxygens (including phenoxy) is 1. The first-order chi connectivity index (χ1) is 16.0. The summed E-state index contributed by atoms with van der Waals surface area (Å²) in [5, 5.41) is 8.31. The molecule has 10 heteroatoms. The maximum atomic E-state index is 12.7. The quantitative estimate of drug-likeness (QED) is 0.565. The van der Waals surface area contributed by atoms with E-state index in [0.717, 1.165) is 31.2 Å². The molecule has 2 fully saturated rings. The molecule has 182 valence electrons. The Balaban J connectivity index is 1.48. The molecule has 1 saturated carbocycles. The van der Waals surface area contributed by atoms with Crippen LogP contribution in [0.25, 0.3) is 0 Å². The van der Waals surface area contributed by atoms with Gasteiger partial charge in [-0.3, -0.25) is 15.2 Å². The topological polar surface area (TPSA) is 113 Å². The first-order valence-corrected chi connectivity index (χ1v) is 13.6. The van der Waals surface area contributed by atoms with Crippen molar-refractivity contribution in [1.82, 2.24) is 10.4 Å². The fourth-order valence-corrected chi connectivity index (χ4v) is 5.45. The second-order valence-corrected chi connectivity index (χ2v) is 12.0. The second-order valence-electron chi connectivity index (χ2n) is 10.1. The number of nitrogens with one attached hydrogen (secondary N) is 3. The highest BCUT2D eigenvalue weighted by Crippen LogP contribution is 2.43. The minimum absolute atomic E-state index is 0.0167. The number of sulfone groups is 1. The van der Waals surface area contributed by atoms with E-state index >= 15 is 0 Å². The van der Waals surface area contributed by atoms with Crippen LogP contribution in [0, 0.1) is 5.92 Å². The first-order valence-electron chi connectivity index (χ1n) is 11.7. The van der Waals surface area contributed by atoms with Gasteiger partial charge in [-0.05, 0) is 70.2 Å². The number of carbonyl (C=O) groups excluding carboxylic acids is 1. The highest BCUT2D eigenvalue weighted by molar-refractivity contribution is 7.90. The molecule has 0 radical (unpaired) electrons. The molecule has 0 bridgehead atoms. The predicted octanol–water partition coefficient (Wildman–Crippen LogP) is 3.88. The van der Waals surface area contributed by atoms with Crippen molar-refractivity contribution < 1.29 is 17.9 Å². The van der Waals surface area contributed by atoms with E-state index in [0.29, 0.717) is 22.9 Å². The minimum atomic E-state index is -3.53. The molecule has 34 heavy (non-hydrogen) atoms. The lowest BCUT2D eigenvalue weighted by Gasteiger charge is -2.26. The number of carbonyl (C=O) groups is 1. The summed E-state index contributed by atoms with van der Waals surface area (Å²) < 4.78 is 31.6. The van der Waals surface area contributed by atoms with Gasteiger partial charge in [0.2, 0.25) is 5.91 Å². The van der Waals surface area contributed by atoms with Crippen molar-refractivity contribution in [2.24, 2.45) is 5.92 Å². The van der Waals surface area contributed by atoms with Gasteiger partial charge in [-0.15, -0.1) is 0 Å². The van der Waals surface area contributed by atoms with Crippen LogP contribution in [0.3, 0.4) is 0 Å². The minimum Gasteiger partial charge on any atom is -0.368 e. The lowest BCUT2D eigenvalue weighted by molar-refractivity contribution is -0.122. The van der Waals surface area contributed by atoms with Gasteiger partial charge in [0.05, 0.1) is 28.0 Å². The molecule has 1 aliphatic carbocycles. The summed E-state index contributed by atoms with van der Waals surface area (Å²) in [6, 6.07) is 7.18. The molecule has 9 nitrogen and oxygen atoms in total. The summed E-state index contributed by atoms with van der Waals surface area (Å²) in [6.07, 6.45) is 6.09. The van der Waals surface area contributed by atoms with Crippen molar-refractivity contribution in [2.75, 3.05) is 21.9 Å². The molecule has 0 spiro atoms. The van der Waals surface area contributed by atoms with E-state index in [1.807, 2.05) is 26.8 Å². The Hall–Kier alpha value is -2.85. The van der Waals surface area contributed by atoms with Crippen LogP contribution in [0.4, 0.5) is 22.9 Å². The molecule has 2 aliphatic heterocycles. The van der Waals surface area contributed by atoms with Crippen LogP contribution in [0.5, 0.6) is 0 Å². The monoisotopic (exact) mass is 485 g/mol. The van der Waals surface area contributed by atoms with Crippen molar-refractivity contribution >= 4 is 38.6 Å². The third kappa shape index (κ3) is 4.44. The molecule has 1 aromatic carbocycles. The lowest BCUT2D eigenvalue weighted by atomic mass is 10.0. The van der Waals surface area contributed by atoms with E-state index in [2.05, 4.69) is 21.0 Å². The SMILES string of the molecule is C[C@@H]1Nc2nccc(Nc3ccc([C@H]4CCC(C)(C)O4)cc3S(C)(=O)=O)c2N1NC(=O)C1CC1. The van der Waals surface area contributed by atoms with E-state index in [1.165, 1.54) is 6.26 Å². The highest BCUT2D eigenvalue weighted by Gasteiger charge is 2.36. The standard InChI is InChI=1S/C24H31N5O4S/c1-14-26-22-21(29(14)28-23(30)15-5-6-15)18(10-12-25-22)27-17-8-7-16(13-20(17)34(4,31)32)19-9-11-24(2,3)33-19/h7-8,10,12-15,19H,5-6,9,11H2,1-4H3,(H,28,30)(H2,25,26,27)/t14-,19-/m1/s1. The summed E-state index contributed by atoms with van der Waals surface area (Å²) in [6.45, 7) is 6.03. The van der Waals surface area contributed by atoms with Gasteiger partial charge in [0.25, 0.3) is 0 Å². The van der Waals surface area contributed by atoms with Gasteiger partial charge in [-0.2, -0.15) is 0 Å². The van der Waals surface area contributed by atoms with Gasteiger partial charge in [0.15, 0.2) is 15.7 Å². The number of anilines is 4. The molecule has 0 unspecified atom stereocenters. The van der Waals surface area contributed by atoms with Crippen molar-refractivity contribution in [2.45, 2.75) is 69.2 Å². The number of fused-ring (bicyclic) bond motifs is 1. The van der Waals surface area contributed by atoms with Crippen molar-refractivity contribution in [3.05, 3.63) is 36.0 Å². The maximum absolute atomic E-state index is 12.7. The Morgan fingerprint density at radius 3 is 2.62 bits per heavy atom. The molecule has 1 saturated heterocycles. The van der Waals surface area contributed by atoms with Gasteiger partial charge in [0.1, 0.15) is 11.9 Å². The summed E-state index contributed by atoms with van der Waals surface area (Å²) in [5.41, 5.74) is 5.41. The molecule has 2 aromatic rings. The fraction of sp³-hybridized carbons (Fsp3) is 0.500. The van der Waals surface area contributed by atoms with E-state index in [4.69, 9.17) is 4.74 Å². The normalized spacial score (nSPS) is 23.4. The Kier molecular flexibility index (Phi) is 5.48. The molecule has 3 heterocycles. The van der Waals surface area contributed by atoms with E-state index in [-0.39, 0.29) is 34.6 Å². The Morgan fingerprint density at radius 2 is 1.97 bits per heavy atom. The molecule has 1 amide bonds. The number of amides is 1. The average Bonchev–Trinajstić information content (AvgIpc) is 3.48. The third-order valence-corrected chi connectivity index (χ3v) is 7.73. The number of aromatic nitrogens is 1. The van der Waals surface area contributed by atoms with Gasteiger partial charge < -0.3 is 15.4 Å². The van der Waals surface area contributed by atoms with Gasteiger partial charge >= 0.3 is 0 Å². The molecular formula is C24H31N5O4S. The summed E-state index contributed by atoms with van der Waals surface area (Å²) in [5.74, 6) is 0.654. The summed E-state index contributed by atoms with van der Waals surface area (Å²) in [4.78, 5) is 17.1. The number of hydrazine groups is 1. The highest BCUT2D eigenvalue weighted by atomic mass is 32.2. The van der Waals surface area contributed by atoms with Crippen molar-refractivity contribution in [1.29, 1.82) is 0 Å². The van der Waals surface area contributed by atoms with E-state index < -0.39 is 9.84 Å². The van der Waals surface area contributed by atoms with E-state index in [9.17, 15) is 13.2 Å². The molecule has 3 aliphatic rings. The second kappa shape index (κ2) is 8.13. The molecule has 3 N–H and O–H groups in total. The molecular weight excluding hydrogens is 454 g/mol. The molecule has 5 rings (SSSR count). The van der Waals surface area contributed by atoms with Gasteiger partial charge in [0, 0.05) is 18.4 Å². The molecule has 1 aromatic heterocycles. The number of hydrogen-bond donors (Lipinski definition) is 3. The number of benzene rings is 1. The average molecular weight is 486 g/mol. The van der Waals surface area contributed by atoms with Crippen LogP contribution >= 0.6 is 0 Å². The lowest BCUT2D eigenvalue weighted by Crippen LogP contribution is -2.48. The van der Waals surface area contributed by atoms with Crippen LogP contribution in [0.2, 0.25) is 0 Å². The smallest absolute Gasteiger partial charge is 0.241 e. The molecule has 2 atom stereocenters. The largest absolute Gasteiger partial charge is 0.368 e. The van der Waals surface area contributed by atoms with Crippen molar-refractivity contribution in [3.8, 4) is 0 Å². The zero-order valence-corrected chi connectivity index (χ0v) is 20.7. The summed E-state index contributed by atoms with van der Waals surface area (Å²) in [7, 11) is -3.53. The zero-order valence-electron chi connectivity index (χ0n) is 19.9. The van der Waals surface area contributed by atoms with Crippen LogP contribution in [0.1, 0.15) is 58.1 Å². The first kappa shape index (κ1) is 22.9. The van der Waals surface area contributed by atoms with Crippen LogP contribution in [0.15, 0.2) is 35.4 Å². The number of rotatable bonds is 6. The Morgan fingerprint density at radius 1 is 1.21 bits per heavy atom. The Bertz CT molecular complexity index is 1240. The number of pyridine rings is 1. The summed E-state index contributed by atoms with van der Waals surface area (Å²) >= 11 is 0. The van der Waals surface area contributed by atoms with E-state index in [1.54, 1.807) is 29.4 Å². The van der Waals surface area contributed by atoms with Gasteiger partial charge in [-0.1, -0.05) is 6.07 Å². The maximum Gasteiger partial charge on any atom is 0.241 e. The zero-order chi connectivity index (χ0) is 24.3. The van der Waals surface area contributed by atoms with Crippen LogP contribution < -0.4 is 21.1 Å². The van der Waals surface area contributed by atoms with Crippen LogP contribution in [-0.2, 0) is 19.4 Å². The predicted molar refractivity (Wildman–Crippen MR) is 131 cm³/mol. The fourth-order valence-electron chi connectivity index (χ4n) is 4.58. The number of nitrogens with zero attached hydrogens (tertiary/aromatic N) is 2. The van der Waals surface area contributed by atoms with Crippen LogP contribution in [-0.4, -0.2) is 37.3 Å². The Labute approximate surface area is 200 Å². The van der Waals surface area contributed by atoms with Gasteiger partial charge in [-0.25, -0.2) is 13.4 Å². The third-order valence-electron chi connectivity index (χ3n) is 6.59. The number of hydrogen-bond acceptors (Lipinski definition) is 8.